The standard InChI is InChI=1S/C19H23NO2S/c1-12-7-6-8-18(23-19(21)20-5)16(12)11-22-17-10-14(3)13(2)9-15(17)4/h6-10H,11H2,1-5H3,(H,20,21). The number of carbonyl (C=O) groups is 1. The second kappa shape index (κ2) is 7.55. The van der Waals surface area contributed by atoms with E-state index in [2.05, 4.69) is 38.2 Å². The first kappa shape index (κ1) is 17.4. The SMILES string of the molecule is CNC(=O)Sc1cccc(C)c1COc1cc(C)c(C)cc1C. The van der Waals surface area contributed by atoms with Gasteiger partial charge in [-0.2, -0.15) is 0 Å². The molecule has 4 heteroatoms. The van der Waals surface area contributed by atoms with Crippen molar-refractivity contribution >= 4 is 17.0 Å². The fourth-order valence-electron chi connectivity index (χ4n) is 2.35. The maximum atomic E-state index is 11.7. The molecule has 3 nitrogen and oxygen atoms in total. The van der Waals surface area contributed by atoms with Crippen LogP contribution in [0.15, 0.2) is 35.2 Å². The Labute approximate surface area is 142 Å². The zero-order valence-corrected chi connectivity index (χ0v) is 15.1. The maximum Gasteiger partial charge on any atom is 0.283 e. The molecule has 2 aromatic carbocycles. The van der Waals surface area contributed by atoms with Crippen molar-refractivity contribution in [3.05, 3.63) is 58.1 Å². The molecule has 23 heavy (non-hydrogen) atoms. The van der Waals surface area contributed by atoms with E-state index in [0.29, 0.717) is 6.61 Å². The third kappa shape index (κ3) is 4.29. The average Bonchev–Trinajstić information content (AvgIpc) is 2.51. The minimum Gasteiger partial charge on any atom is -0.489 e. The molecule has 1 amide bonds. The van der Waals surface area contributed by atoms with Crippen LogP contribution in [0.3, 0.4) is 0 Å². The van der Waals surface area contributed by atoms with E-state index in [0.717, 1.165) is 27.3 Å². The van der Waals surface area contributed by atoms with Crippen LogP contribution >= 0.6 is 11.8 Å². The van der Waals surface area contributed by atoms with Gasteiger partial charge in [-0.25, -0.2) is 0 Å². The Hall–Kier alpha value is -1.94. The minimum absolute atomic E-state index is 0.0702. The van der Waals surface area contributed by atoms with Gasteiger partial charge in [0.15, 0.2) is 0 Å². The molecule has 0 aromatic heterocycles. The van der Waals surface area contributed by atoms with Gasteiger partial charge in [0.2, 0.25) is 0 Å². The number of rotatable bonds is 4. The Morgan fingerprint density at radius 3 is 2.43 bits per heavy atom. The molecule has 0 fully saturated rings. The predicted octanol–water partition coefficient (Wildman–Crippen LogP) is 4.93. The van der Waals surface area contributed by atoms with Gasteiger partial charge in [0.05, 0.1) is 0 Å². The van der Waals surface area contributed by atoms with Crippen molar-refractivity contribution in [1.82, 2.24) is 5.32 Å². The van der Waals surface area contributed by atoms with Gasteiger partial charge in [0.25, 0.3) is 5.24 Å². The number of hydrogen-bond acceptors (Lipinski definition) is 3. The van der Waals surface area contributed by atoms with E-state index in [1.54, 1.807) is 7.05 Å². The van der Waals surface area contributed by atoms with Crippen LogP contribution in [-0.2, 0) is 6.61 Å². The van der Waals surface area contributed by atoms with Crippen LogP contribution in [0.4, 0.5) is 4.79 Å². The van der Waals surface area contributed by atoms with E-state index in [4.69, 9.17) is 4.74 Å². The number of aryl methyl sites for hydroxylation is 4. The summed E-state index contributed by atoms with van der Waals surface area (Å²) in [7, 11) is 1.64. The highest BCUT2D eigenvalue weighted by Crippen LogP contribution is 2.29. The maximum absolute atomic E-state index is 11.7. The molecule has 2 rings (SSSR count). The number of hydrogen-bond donors (Lipinski definition) is 1. The van der Waals surface area contributed by atoms with Crippen molar-refractivity contribution in [1.29, 1.82) is 0 Å². The number of ether oxygens (including phenoxy) is 1. The number of benzene rings is 2. The molecule has 0 aliphatic carbocycles. The van der Waals surface area contributed by atoms with Crippen LogP contribution in [0.5, 0.6) is 5.75 Å². The van der Waals surface area contributed by atoms with Crippen LogP contribution in [0, 0.1) is 27.7 Å². The number of nitrogens with one attached hydrogen (secondary N) is 1. The lowest BCUT2D eigenvalue weighted by Gasteiger charge is -2.15. The quantitative estimate of drug-likeness (QED) is 0.808. The van der Waals surface area contributed by atoms with Gasteiger partial charge in [0.1, 0.15) is 12.4 Å². The lowest BCUT2D eigenvalue weighted by molar-refractivity contribution is 0.262. The zero-order valence-electron chi connectivity index (χ0n) is 14.3. The molecule has 0 aliphatic rings. The van der Waals surface area contributed by atoms with E-state index in [1.807, 2.05) is 25.1 Å². The molecular formula is C19H23NO2S. The summed E-state index contributed by atoms with van der Waals surface area (Å²) in [5.74, 6) is 0.896. The summed E-state index contributed by atoms with van der Waals surface area (Å²) in [4.78, 5) is 12.6. The largest absolute Gasteiger partial charge is 0.489 e. The van der Waals surface area contributed by atoms with Gasteiger partial charge in [-0.15, -0.1) is 0 Å². The third-order valence-electron chi connectivity index (χ3n) is 3.94. The molecule has 0 bridgehead atoms. The van der Waals surface area contributed by atoms with E-state index in [1.165, 1.54) is 22.9 Å². The van der Waals surface area contributed by atoms with Crippen LogP contribution in [0.25, 0.3) is 0 Å². The summed E-state index contributed by atoms with van der Waals surface area (Å²) < 4.78 is 6.05. The molecule has 0 atom stereocenters. The summed E-state index contributed by atoms with van der Waals surface area (Å²) in [5.41, 5.74) is 5.79. The molecular weight excluding hydrogens is 306 g/mol. The Morgan fingerprint density at radius 2 is 1.74 bits per heavy atom. The summed E-state index contributed by atoms with van der Waals surface area (Å²) in [6.45, 7) is 8.74. The van der Waals surface area contributed by atoms with Crippen molar-refractivity contribution in [3.8, 4) is 5.75 Å². The zero-order chi connectivity index (χ0) is 17.0. The highest BCUT2D eigenvalue weighted by molar-refractivity contribution is 8.13. The van der Waals surface area contributed by atoms with Crippen molar-refractivity contribution < 1.29 is 9.53 Å². The summed E-state index contributed by atoms with van der Waals surface area (Å²) >= 11 is 1.20. The van der Waals surface area contributed by atoms with Gasteiger partial charge in [0, 0.05) is 17.5 Å². The predicted molar refractivity (Wildman–Crippen MR) is 96.5 cm³/mol. The molecule has 2 aromatic rings. The van der Waals surface area contributed by atoms with Crippen molar-refractivity contribution in [2.75, 3.05) is 7.05 Å². The highest BCUT2D eigenvalue weighted by atomic mass is 32.2. The van der Waals surface area contributed by atoms with Crippen molar-refractivity contribution in [3.63, 3.8) is 0 Å². The fraction of sp³-hybridized carbons (Fsp3) is 0.316. The van der Waals surface area contributed by atoms with Crippen LogP contribution in [-0.4, -0.2) is 12.3 Å². The van der Waals surface area contributed by atoms with E-state index < -0.39 is 0 Å². The molecule has 0 saturated heterocycles. The van der Waals surface area contributed by atoms with Gasteiger partial charge in [-0.3, -0.25) is 4.79 Å². The average molecular weight is 329 g/mol. The van der Waals surface area contributed by atoms with Gasteiger partial charge >= 0.3 is 0 Å². The number of thioether (sulfide) groups is 1. The van der Waals surface area contributed by atoms with E-state index in [9.17, 15) is 4.79 Å². The third-order valence-corrected chi connectivity index (χ3v) is 4.93. The number of amides is 1. The summed E-state index contributed by atoms with van der Waals surface area (Å²) in [5, 5.41) is 2.57. The topological polar surface area (TPSA) is 38.3 Å². The first-order valence-corrected chi connectivity index (χ1v) is 8.42. The molecule has 1 N–H and O–H groups in total. The second-order valence-electron chi connectivity index (χ2n) is 5.68. The molecule has 0 radical (unpaired) electrons. The Balaban J connectivity index is 2.23. The lowest BCUT2D eigenvalue weighted by Crippen LogP contribution is -2.12. The Bertz CT molecular complexity index is 726. The van der Waals surface area contributed by atoms with Crippen LogP contribution in [0.1, 0.15) is 27.8 Å². The first-order chi connectivity index (χ1) is 10.9. The van der Waals surface area contributed by atoms with Gasteiger partial charge in [-0.05, 0) is 73.8 Å². The first-order valence-electron chi connectivity index (χ1n) is 7.61. The normalized spacial score (nSPS) is 10.5. The molecule has 0 unspecified atom stereocenters. The van der Waals surface area contributed by atoms with Crippen LogP contribution in [0.2, 0.25) is 0 Å². The van der Waals surface area contributed by atoms with Gasteiger partial charge < -0.3 is 10.1 Å². The molecule has 0 aliphatic heterocycles. The van der Waals surface area contributed by atoms with Gasteiger partial charge in [-0.1, -0.05) is 18.2 Å². The Kier molecular flexibility index (Phi) is 5.72. The lowest BCUT2D eigenvalue weighted by atomic mass is 10.1. The summed E-state index contributed by atoms with van der Waals surface area (Å²) in [6, 6.07) is 10.2. The van der Waals surface area contributed by atoms with Crippen molar-refractivity contribution in [2.45, 2.75) is 39.2 Å². The van der Waals surface area contributed by atoms with E-state index in [-0.39, 0.29) is 5.24 Å². The molecule has 0 heterocycles. The monoisotopic (exact) mass is 329 g/mol. The number of carbonyl (C=O) groups excluding carboxylic acids is 1. The fourth-order valence-corrected chi connectivity index (χ4v) is 3.14. The Morgan fingerprint density at radius 1 is 1.04 bits per heavy atom. The molecule has 122 valence electrons. The minimum atomic E-state index is -0.0702. The summed E-state index contributed by atoms with van der Waals surface area (Å²) in [6.07, 6.45) is 0. The van der Waals surface area contributed by atoms with Crippen LogP contribution < -0.4 is 10.1 Å². The second-order valence-corrected chi connectivity index (χ2v) is 6.70. The smallest absolute Gasteiger partial charge is 0.283 e. The highest BCUT2D eigenvalue weighted by Gasteiger charge is 2.12. The van der Waals surface area contributed by atoms with E-state index >= 15 is 0 Å². The molecule has 0 spiro atoms. The van der Waals surface area contributed by atoms with Crippen molar-refractivity contribution in [2.24, 2.45) is 0 Å². The molecule has 0 saturated carbocycles.